The average molecular weight is 352 g/mol. The summed E-state index contributed by atoms with van der Waals surface area (Å²) >= 11 is 0. The van der Waals surface area contributed by atoms with Gasteiger partial charge in [0.25, 0.3) is 0 Å². The summed E-state index contributed by atoms with van der Waals surface area (Å²) in [4.78, 5) is 12.0. The zero-order chi connectivity index (χ0) is 18.3. The van der Waals surface area contributed by atoms with Gasteiger partial charge in [0.1, 0.15) is 0 Å². The topological polar surface area (TPSA) is 40.9 Å². The molecule has 0 radical (unpaired) electrons. The van der Waals surface area contributed by atoms with Crippen LogP contribution in [-0.2, 0) is 4.79 Å². The Morgan fingerprint density at radius 3 is 2.77 bits per heavy atom. The van der Waals surface area contributed by atoms with Gasteiger partial charge in [0.15, 0.2) is 5.78 Å². The lowest BCUT2D eigenvalue weighted by atomic mass is 9.44. The summed E-state index contributed by atoms with van der Waals surface area (Å²) in [6, 6.07) is 2.86. The minimum Gasteiger partial charge on any atom is -0.295 e. The van der Waals surface area contributed by atoms with Gasteiger partial charge in [-0.1, -0.05) is 25.8 Å². The SMILES string of the molecule is CC[C@H]1CC2=CC(=O)CC[C@@H]2[C@H]2CC[C@@]3(CC)[C@@H]([C@@H]4C[C@@H]4C3(C)C#N)[C@H]12. The van der Waals surface area contributed by atoms with Crippen LogP contribution in [0.25, 0.3) is 0 Å². The predicted molar refractivity (Wildman–Crippen MR) is 102 cm³/mol. The lowest BCUT2D eigenvalue weighted by Crippen LogP contribution is -2.54. The van der Waals surface area contributed by atoms with Crippen LogP contribution < -0.4 is 0 Å². The molecule has 2 nitrogen and oxygen atoms in total. The van der Waals surface area contributed by atoms with Gasteiger partial charge in [-0.2, -0.15) is 5.26 Å². The molecule has 0 N–H and O–H groups in total. The van der Waals surface area contributed by atoms with Gasteiger partial charge in [0, 0.05) is 6.42 Å². The number of carbonyl (C=O) groups is 1. The molecule has 1 unspecified atom stereocenters. The molecule has 0 aromatic carbocycles. The monoisotopic (exact) mass is 351 g/mol. The molecule has 9 atom stereocenters. The maximum atomic E-state index is 12.0. The van der Waals surface area contributed by atoms with E-state index in [0.29, 0.717) is 17.6 Å². The molecule has 140 valence electrons. The molecule has 5 rings (SSSR count). The van der Waals surface area contributed by atoms with E-state index in [1.165, 1.54) is 37.7 Å². The fraction of sp³-hybridized carbons (Fsp3) is 0.833. The third-order valence-corrected chi connectivity index (χ3v) is 10.0. The molecule has 4 fully saturated rings. The van der Waals surface area contributed by atoms with Crippen molar-refractivity contribution in [2.24, 2.45) is 52.3 Å². The highest BCUT2D eigenvalue weighted by Gasteiger charge is 2.76. The Kier molecular flexibility index (Phi) is 3.58. The Labute approximate surface area is 158 Å². The van der Waals surface area contributed by atoms with E-state index in [1.807, 2.05) is 6.08 Å². The van der Waals surface area contributed by atoms with Gasteiger partial charge in [0.2, 0.25) is 0 Å². The number of allylic oxidation sites excluding steroid dienone is 1. The molecule has 0 amide bonds. The molecule has 5 aliphatic carbocycles. The Morgan fingerprint density at radius 2 is 2.08 bits per heavy atom. The second kappa shape index (κ2) is 5.46. The van der Waals surface area contributed by atoms with Crippen molar-refractivity contribution in [1.82, 2.24) is 0 Å². The Hall–Kier alpha value is -1.10. The molecule has 0 heterocycles. The van der Waals surface area contributed by atoms with Gasteiger partial charge in [-0.15, -0.1) is 0 Å². The molecule has 0 bridgehead atoms. The van der Waals surface area contributed by atoms with Crippen molar-refractivity contribution in [3.63, 3.8) is 0 Å². The molecule has 0 aromatic heterocycles. The zero-order valence-electron chi connectivity index (χ0n) is 16.6. The second-order valence-corrected chi connectivity index (χ2v) is 10.3. The van der Waals surface area contributed by atoms with Crippen LogP contribution in [0.4, 0.5) is 0 Å². The van der Waals surface area contributed by atoms with Crippen molar-refractivity contribution in [2.75, 3.05) is 0 Å². The van der Waals surface area contributed by atoms with Crippen LogP contribution in [0.15, 0.2) is 11.6 Å². The molecule has 0 aromatic rings. The van der Waals surface area contributed by atoms with E-state index in [0.717, 1.165) is 48.9 Å². The fourth-order valence-corrected chi connectivity index (χ4v) is 8.87. The van der Waals surface area contributed by atoms with Crippen LogP contribution in [-0.4, -0.2) is 5.78 Å². The molecule has 0 saturated heterocycles. The summed E-state index contributed by atoms with van der Waals surface area (Å²) in [5.74, 6) is 5.59. The van der Waals surface area contributed by atoms with Gasteiger partial charge >= 0.3 is 0 Å². The van der Waals surface area contributed by atoms with E-state index in [2.05, 4.69) is 26.8 Å². The van der Waals surface area contributed by atoms with Crippen molar-refractivity contribution in [1.29, 1.82) is 5.26 Å². The molecule has 2 heteroatoms. The smallest absolute Gasteiger partial charge is 0.155 e. The first-order chi connectivity index (χ1) is 12.5. The third-order valence-electron chi connectivity index (χ3n) is 10.0. The average Bonchev–Trinajstić information content (AvgIpc) is 3.42. The minimum atomic E-state index is -0.0982. The summed E-state index contributed by atoms with van der Waals surface area (Å²) in [6.07, 6.45) is 11.3. The van der Waals surface area contributed by atoms with Gasteiger partial charge < -0.3 is 0 Å². The van der Waals surface area contributed by atoms with Crippen molar-refractivity contribution < 1.29 is 4.79 Å². The van der Waals surface area contributed by atoms with Crippen molar-refractivity contribution in [2.45, 2.75) is 72.1 Å². The number of ketones is 1. The molecular weight excluding hydrogens is 318 g/mol. The third kappa shape index (κ3) is 1.86. The quantitative estimate of drug-likeness (QED) is 0.655. The predicted octanol–water partition coefficient (Wildman–Crippen LogP) is 5.54. The van der Waals surface area contributed by atoms with E-state index in [9.17, 15) is 10.1 Å². The highest BCUT2D eigenvalue weighted by Crippen LogP contribution is 2.80. The van der Waals surface area contributed by atoms with Crippen LogP contribution in [0.3, 0.4) is 0 Å². The number of hydrogen-bond acceptors (Lipinski definition) is 2. The van der Waals surface area contributed by atoms with Crippen LogP contribution >= 0.6 is 0 Å². The van der Waals surface area contributed by atoms with Crippen molar-refractivity contribution in [3.05, 3.63) is 11.6 Å². The Balaban J connectivity index is 1.58. The zero-order valence-corrected chi connectivity index (χ0v) is 16.6. The van der Waals surface area contributed by atoms with Gasteiger partial charge in [0.05, 0.1) is 11.5 Å². The molecule has 4 saturated carbocycles. The first kappa shape index (κ1) is 17.0. The lowest BCUT2D eigenvalue weighted by molar-refractivity contribution is -0.117. The number of carbonyl (C=O) groups excluding carboxylic acids is 1. The molecule has 0 aliphatic heterocycles. The normalized spacial score (nSPS) is 54.3. The van der Waals surface area contributed by atoms with E-state index in [1.54, 1.807) is 0 Å². The van der Waals surface area contributed by atoms with Gasteiger partial charge in [-0.05, 0) is 98.4 Å². The first-order valence-electron chi connectivity index (χ1n) is 11.1. The summed E-state index contributed by atoms with van der Waals surface area (Å²) in [5, 5.41) is 10.2. The highest BCUT2D eigenvalue weighted by atomic mass is 16.1. The number of fused-ring (bicyclic) bond motifs is 7. The van der Waals surface area contributed by atoms with Crippen LogP contribution in [0, 0.1) is 63.6 Å². The van der Waals surface area contributed by atoms with Crippen LogP contribution in [0.5, 0.6) is 0 Å². The summed E-state index contributed by atoms with van der Waals surface area (Å²) < 4.78 is 0. The van der Waals surface area contributed by atoms with E-state index < -0.39 is 0 Å². The van der Waals surface area contributed by atoms with E-state index in [-0.39, 0.29) is 10.8 Å². The highest BCUT2D eigenvalue weighted by molar-refractivity contribution is 5.91. The maximum absolute atomic E-state index is 12.0. The number of rotatable bonds is 2. The summed E-state index contributed by atoms with van der Waals surface area (Å²) in [5.41, 5.74) is 1.65. The molecule has 0 spiro atoms. The van der Waals surface area contributed by atoms with Crippen molar-refractivity contribution in [3.8, 4) is 6.07 Å². The van der Waals surface area contributed by atoms with Crippen LogP contribution in [0.2, 0.25) is 0 Å². The van der Waals surface area contributed by atoms with Gasteiger partial charge in [-0.3, -0.25) is 4.79 Å². The largest absolute Gasteiger partial charge is 0.295 e. The minimum absolute atomic E-state index is 0.0982. The maximum Gasteiger partial charge on any atom is 0.155 e. The number of hydrogen-bond donors (Lipinski definition) is 0. The fourth-order valence-electron chi connectivity index (χ4n) is 8.87. The number of nitriles is 1. The standard InChI is InChI=1S/C24H33NO/c1-4-14-10-15-11-16(26)6-7-17(15)18-8-9-24(5-2)22(21(14)18)19-12-20(19)23(24,3)13-25/h11,14,17-22H,4-10,12H2,1-3H3/t14-,17-,18+,19+,20-,21+,22-,23?,24-/m0/s1. The second-order valence-electron chi connectivity index (χ2n) is 10.3. The molecular formula is C24H33NO. The number of nitrogens with zero attached hydrogens (tertiary/aromatic N) is 1. The lowest BCUT2D eigenvalue weighted by Gasteiger charge is -2.59. The summed E-state index contributed by atoms with van der Waals surface area (Å²) in [6.45, 7) is 7.04. The van der Waals surface area contributed by atoms with Crippen molar-refractivity contribution >= 4 is 5.78 Å². The molecule has 26 heavy (non-hydrogen) atoms. The van der Waals surface area contributed by atoms with Gasteiger partial charge in [-0.25, -0.2) is 0 Å². The Bertz CT molecular complexity index is 716. The summed E-state index contributed by atoms with van der Waals surface area (Å²) in [7, 11) is 0. The Morgan fingerprint density at radius 1 is 1.27 bits per heavy atom. The van der Waals surface area contributed by atoms with E-state index >= 15 is 0 Å². The van der Waals surface area contributed by atoms with E-state index in [4.69, 9.17) is 0 Å². The van der Waals surface area contributed by atoms with Crippen LogP contribution in [0.1, 0.15) is 72.1 Å². The molecule has 5 aliphatic rings. The first-order valence-corrected chi connectivity index (χ1v) is 11.1.